The first-order valence-electron chi connectivity index (χ1n) is 5.54. The van der Waals surface area contributed by atoms with E-state index in [1.165, 1.54) is 0 Å². The first kappa shape index (κ1) is 13.6. The van der Waals surface area contributed by atoms with E-state index in [0.29, 0.717) is 17.7 Å². The summed E-state index contributed by atoms with van der Waals surface area (Å²) in [5.74, 6) is -0.333. The highest BCUT2D eigenvalue weighted by molar-refractivity contribution is 5.95. The lowest BCUT2D eigenvalue weighted by Gasteiger charge is -2.29. The van der Waals surface area contributed by atoms with Crippen LogP contribution in [0.2, 0.25) is 0 Å². The highest BCUT2D eigenvalue weighted by Gasteiger charge is 2.29. The molecule has 1 heterocycles. The maximum atomic E-state index is 12.0. The molecule has 1 aromatic rings. The third-order valence-electron chi connectivity index (χ3n) is 2.91. The number of carbonyl (C=O) groups excluding carboxylic acids is 1. The van der Waals surface area contributed by atoms with Crippen molar-refractivity contribution >= 4 is 5.91 Å². The largest absolute Gasteiger partial charge is 0.394 e. The molecule has 0 aliphatic rings. The van der Waals surface area contributed by atoms with Gasteiger partial charge in [-0.2, -0.15) is 0 Å². The van der Waals surface area contributed by atoms with Crippen LogP contribution < -0.4 is 5.32 Å². The highest BCUT2D eigenvalue weighted by atomic mass is 16.3. The summed E-state index contributed by atoms with van der Waals surface area (Å²) >= 11 is 0. The van der Waals surface area contributed by atoms with Crippen LogP contribution in [-0.4, -0.2) is 39.9 Å². The topological polar surface area (TPSA) is 82.5 Å². The van der Waals surface area contributed by atoms with Crippen molar-refractivity contribution in [3.63, 3.8) is 0 Å². The maximum absolute atomic E-state index is 12.0. The summed E-state index contributed by atoms with van der Waals surface area (Å²) in [5.41, 5.74) is 0.0948. The quantitative estimate of drug-likeness (QED) is 0.687. The normalized spacial score (nSPS) is 11.3. The van der Waals surface area contributed by atoms with Gasteiger partial charge in [0.25, 0.3) is 5.91 Å². The lowest BCUT2D eigenvalue weighted by atomic mass is 9.97. The molecular formula is C12H18N2O3. The predicted octanol–water partition coefficient (Wildman–Crippen LogP) is 0.253. The number of nitrogens with one attached hydrogen (secondary N) is 1. The van der Waals surface area contributed by atoms with E-state index in [2.05, 4.69) is 10.3 Å². The molecule has 0 unspecified atom stereocenters. The molecular weight excluding hydrogens is 220 g/mol. The standard InChI is InChI=1S/C12H18N2O3/c1-3-12(7-15,8-16)14-11(17)10-5-4-6-13-9(10)2/h4-6,15-16H,3,7-8H2,1-2H3,(H,14,17). The molecule has 1 rings (SSSR count). The third kappa shape index (κ3) is 3.01. The Hall–Kier alpha value is -1.46. The molecule has 0 saturated heterocycles. The molecule has 0 fully saturated rings. The van der Waals surface area contributed by atoms with E-state index >= 15 is 0 Å². The lowest BCUT2D eigenvalue weighted by Crippen LogP contribution is -2.53. The zero-order valence-corrected chi connectivity index (χ0v) is 10.1. The van der Waals surface area contributed by atoms with Gasteiger partial charge in [0.15, 0.2) is 0 Å². The van der Waals surface area contributed by atoms with E-state index < -0.39 is 5.54 Å². The minimum absolute atomic E-state index is 0.301. The van der Waals surface area contributed by atoms with E-state index in [1.807, 2.05) is 0 Å². The minimum Gasteiger partial charge on any atom is -0.394 e. The van der Waals surface area contributed by atoms with Crippen molar-refractivity contribution in [1.29, 1.82) is 0 Å². The van der Waals surface area contributed by atoms with Crippen molar-refractivity contribution < 1.29 is 15.0 Å². The van der Waals surface area contributed by atoms with E-state index in [1.54, 1.807) is 32.2 Å². The zero-order chi connectivity index (χ0) is 12.9. The molecule has 5 nitrogen and oxygen atoms in total. The average Bonchev–Trinajstić information content (AvgIpc) is 2.36. The number of amides is 1. The Bertz CT molecular complexity index is 381. The molecule has 0 saturated carbocycles. The summed E-state index contributed by atoms with van der Waals surface area (Å²) in [4.78, 5) is 16.0. The van der Waals surface area contributed by atoms with Gasteiger partial charge in [-0.05, 0) is 25.5 Å². The van der Waals surface area contributed by atoms with E-state index in [0.717, 1.165) is 0 Å². The first-order chi connectivity index (χ1) is 8.08. The molecule has 94 valence electrons. The lowest BCUT2D eigenvalue weighted by molar-refractivity contribution is 0.0652. The number of aromatic nitrogens is 1. The second-order valence-corrected chi connectivity index (χ2v) is 4.04. The summed E-state index contributed by atoms with van der Waals surface area (Å²) in [6.45, 7) is 2.93. The fourth-order valence-corrected chi connectivity index (χ4v) is 1.47. The van der Waals surface area contributed by atoms with Crippen LogP contribution in [0.4, 0.5) is 0 Å². The number of pyridine rings is 1. The van der Waals surface area contributed by atoms with Crippen LogP contribution in [0.1, 0.15) is 29.4 Å². The SMILES string of the molecule is CCC(CO)(CO)NC(=O)c1cccnc1C. The Morgan fingerprint density at radius 2 is 2.12 bits per heavy atom. The molecule has 1 amide bonds. The summed E-state index contributed by atoms with van der Waals surface area (Å²) in [5, 5.41) is 21.2. The van der Waals surface area contributed by atoms with Crippen LogP contribution in [0, 0.1) is 6.92 Å². The Labute approximate surface area is 101 Å². The Balaban J connectivity index is 2.89. The highest BCUT2D eigenvalue weighted by Crippen LogP contribution is 2.11. The van der Waals surface area contributed by atoms with Crippen molar-refractivity contribution in [2.75, 3.05) is 13.2 Å². The van der Waals surface area contributed by atoms with Crippen LogP contribution in [0.5, 0.6) is 0 Å². The van der Waals surface area contributed by atoms with Gasteiger partial charge in [-0.15, -0.1) is 0 Å². The molecule has 0 radical (unpaired) electrons. The van der Waals surface area contributed by atoms with Gasteiger partial charge >= 0.3 is 0 Å². The van der Waals surface area contributed by atoms with Gasteiger partial charge < -0.3 is 15.5 Å². The molecule has 0 spiro atoms. The Kier molecular flexibility index (Phi) is 4.60. The molecule has 0 atom stereocenters. The summed E-state index contributed by atoms with van der Waals surface area (Å²) < 4.78 is 0. The summed E-state index contributed by atoms with van der Waals surface area (Å²) in [6.07, 6.45) is 2.06. The maximum Gasteiger partial charge on any atom is 0.253 e. The smallest absolute Gasteiger partial charge is 0.253 e. The third-order valence-corrected chi connectivity index (χ3v) is 2.91. The van der Waals surface area contributed by atoms with Crippen LogP contribution >= 0.6 is 0 Å². The summed E-state index contributed by atoms with van der Waals surface area (Å²) in [7, 11) is 0. The number of hydrogen-bond acceptors (Lipinski definition) is 4. The molecule has 0 aliphatic carbocycles. The Morgan fingerprint density at radius 3 is 2.59 bits per heavy atom. The van der Waals surface area contributed by atoms with Gasteiger partial charge in [0.05, 0.1) is 24.3 Å². The van der Waals surface area contributed by atoms with Crippen molar-refractivity contribution in [2.24, 2.45) is 0 Å². The van der Waals surface area contributed by atoms with E-state index in [-0.39, 0.29) is 19.1 Å². The fraction of sp³-hybridized carbons (Fsp3) is 0.500. The molecule has 1 aromatic heterocycles. The number of carbonyl (C=O) groups is 1. The second-order valence-electron chi connectivity index (χ2n) is 4.04. The summed E-state index contributed by atoms with van der Waals surface area (Å²) in [6, 6.07) is 3.33. The minimum atomic E-state index is -0.973. The number of aryl methyl sites for hydroxylation is 1. The molecule has 0 bridgehead atoms. The molecule has 0 aliphatic heterocycles. The van der Waals surface area contributed by atoms with Gasteiger partial charge in [0, 0.05) is 11.9 Å². The van der Waals surface area contributed by atoms with Crippen molar-refractivity contribution in [2.45, 2.75) is 25.8 Å². The van der Waals surface area contributed by atoms with Gasteiger partial charge in [-0.3, -0.25) is 9.78 Å². The monoisotopic (exact) mass is 238 g/mol. The van der Waals surface area contributed by atoms with Crippen LogP contribution in [0.3, 0.4) is 0 Å². The predicted molar refractivity (Wildman–Crippen MR) is 63.6 cm³/mol. The number of hydrogen-bond donors (Lipinski definition) is 3. The van der Waals surface area contributed by atoms with Crippen LogP contribution in [0.25, 0.3) is 0 Å². The van der Waals surface area contributed by atoms with Gasteiger partial charge in [-0.25, -0.2) is 0 Å². The van der Waals surface area contributed by atoms with E-state index in [9.17, 15) is 15.0 Å². The number of aliphatic hydroxyl groups is 2. The van der Waals surface area contributed by atoms with Gasteiger partial charge in [0.2, 0.25) is 0 Å². The number of nitrogens with zero attached hydrogens (tertiary/aromatic N) is 1. The Morgan fingerprint density at radius 1 is 1.47 bits per heavy atom. The van der Waals surface area contributed by atoms with Crippen LogP contribution in [-0.2, 0) is 0 Å². The fourth-order valence-electron chi connectivity index (χ4n) is 1.47. The van der Waals surface area contributed by atoms with Gasteiger partial charge in [0.1, 0.15) is 0 Å². The molecule has 5 heteroatoms. The van der Waals surface area contributed by atoms with E-state index in [4.69, 9.17) is 0 Å². The zero-order valence-electron chi connectivity index (χ0n) is 10.1. The molecule has 0 aromatic carbocycles. The van der Waals surface area contributed by atoms with Gasteiger partial charge in [-0.1, -0.05) is 6.92 Å². The van der Waals surface area contributed by atoms with Crippen LogP contribution in [0.15, 0.2) is 18.3 Å². The first-order valence-corrected chi connectivity index (χ1v) is 5.54. The van der Waals surface area contributed by atoms with Crippen molar-refractivity contribution in [3.05, 3.63) is 29.6 Å². The average molecular weight is 238 g/mol. The van der Waals surface area contributed by atoms with Crippen molar-refractivity contribution in [3.8, 4) is 0 Å². The number of aliphatic hydroxyl groups excluding tert-OH is 2. The van der Waals surface area contributed by atoms with Crippen molar-refractivity contribution in [1.82, 2.24) is 10.3 Å². The molecule has 3 N–H and O–H groups in total. The molecule has 17 heavy (non-hydrogen) atoms. The second kappa shape index (κ2) is 5.75. The number of rotatable bonds is 5.